The minimum Gasteiger partial charge on any atom is -0.355 e. The molecular formula is C23H27N3O2. The first-order valence-corrected chi connectivity index (χ1v) is 9.73. The molecule has 28 heavy (non-hydrogen) atoms. The fourth-order valence-electron chi connectivity index (χ4n) is 3.31. The van der Waals surface area contributed by atoms with Gasteiger partial charge >= 0.3 is 0 Å². The Kier molecular flexibility index (Phi) is 6.61. The van der Waals surface area contributed by atoms with Crippen LogP contribution in [0, 0.1) is 6.92 Å². The number of hydrogen-bond donors (Lipinski definition) is 1. The number of carbonyl (C=O) groups excluding carboxylic acids is 1. The van der Waals surface area contributed by atoms with Gasteiger partial charge in [-0.15, -0.1) is 0 Å². The molecule has 5 heteroatoms. The van der Waals surface area contributed by atoms with E-state index in [0.29, 0.717) is 18.0 Å². The average Bonchev–Trinajstić information content (AvgIpc) is 3.22. The Morgan fingerprint density at radius 3 is 2.39 bits per heavy atom. The van der Waals surface area contributed by atoms with E-state index in [1.54, 1.807) is 6.07 Å². The lowest BCUT2D eigenvalue weighted by atomic mass is 10.0. The number of amides is 1. The second kappa shape index (κ2) is 9.33. The van der Waals surface area contributed by atoms with Gasteiger partial charge in [-0.3, -0.25) is 9.69 Å². The van der Waals surface area contributed by atoms with Gasteiger partial charge in [-0.05, 0) is 25.6 Å². The standard InChI is InChI=1S/C23H27N3O2/c1-4-26(5-2)21(18-9-7-6-8-10-18)16-24-23(27)20-15-22(28-25-20)19-13-11-17(3)12-14-19/h6-15,21H,4-5,16H2,1-3H3,(H,24,27)/t21-/m1/s1. The summed E-state index contributed by atoms with van der Waals surface area (Å²) in [6.07, 6.45) is 0. The number of benzene rings is 2. The maximum absolute atomic E-state index is 12.6. The van der Waals surface area contributed by atoms with Gasteiger partial charge < -0.3 is 9.84 Å². The van der Waals surface area contributed by atoms with Crippen LogP contribution in [0.4, 0.5) is 0 Å². The molecule has 5 nitrogen and oxygen atoms in total. The van der Waals surface area contributed by atoms with Crippen molar-refractivity contribution in [2.45, 2.75) is 26.8 Å². The molecule has 0 fully saturated rings. The van der Waals surface area contributed by atoms with Gasteiger partial charge in [0, 0.05) is 18.2 Å². The van der Waals surface area contributed by atoms with Crippen molar-refractivity contribution in [1.82, 2.24) is 15.4 Å². The number of hydrogen-bond acceptors (Lipinski definition) is 4. The molecule has 0 saturated heterocycles. The Bertz CT molecular complexity index is 884. The Morgan fingerprint density at radius 1 is 1.07 bits per heavy atom. The summed E-state index contributed by atoms with van der Waals surface area (Å²) in [7, 11) is 0. The molecule has 1 heterocycles. The molecule has 3 aromatic rings. The maximum Gasteiger partial charge on any atom is 0.273 e. The molecule has 1 amide bonds. The highest BCUT2D eigenvalue weighted by atomic mass is 16.5. The lowest BCUT2D eigenvalue weighted by molar-refractivity contribution is 0.0926. The summed E-state index contributed by atoms with van der Waals surface area (Å²) in [4.78, 5) is 15.0. The van der Waals surface area contributed by atoms with E-state index < -0.39 is 0 Å². The summed E-state index contributed by atoms with van der Waals surface area (Å²) in [6.45, 7) is 8.62. The molecule has 146 valence electrons. The first-order chi connectivity index (χ1) is 13.6. The second-order valence-corrected chi connectivity index (χ2v) is 6.80. The topological polar surface area (TPSA) is 58.4 Å². The third kappa shape index (κ3) is 4.67. The second-order valence-electron chi connectivity index (χ2n) is 6.80. The van der Waals surface area contributed by atoms with E-state index in [4.69, 9.17) is 4.52 Å². The number of rotatable bonds is 8. The molecule has 0 unspecified atom stereocenters. The Morgan fingerprint density at radius 2 is 1.75 bits per heavy atom. The van der Waals surface area contributed by atoms with Crippen LogP contribution in [0.1, 0.15) is 41.5 Å². The van der Waals surface area contributed by atoms with Crippen molar-refractivity contribution >= 4 is 5.91 Å². The van der Waals surface area contributed by atoms with E-state index in [1.807, 2.05) is 49.4 Å². The molecule has 1 atom stereocenters. The van der Waals surface area contributed by atoms with Crippen LogP contribution in [0.3, 0.4) is 0 Å². The smallest absolute Gasteiger partial charge is 0.273 e. The van der Waals surface area contributed by atoms with E-state index in [9.17, 15) is 4.79 Å². The first kappa shape index (κ1) is 19.8. The molecule has 0 spiro atoms. The van der Waals surface area contributed by atoms with Crippen LogP contribution in [0.15, 0.2) is 65.2 Å². The number of nitrogens with one attached hydrogen (secondary N) is 1. The lowest BCUT2D eigenvalue weighted by Gasteiger charge is -2.30. The van der Waals surface area contributed by atoms with Crippen molar-refractivity contribution in [3.05, 3.63) is 77.5 Å². The molecule has 1 N–H and O–H groups in total. The van der Waals surface area contributed by atoms with Gasteiger partial charge in [-0.25, -0.2) is 0 Å². The van der Waals surface area contributed by atoms with Gasteiger partial charge in [0.15, 0.2) is 11.5 Å². The first-order valence-electron chi connectivity index (χ1n) is 9.73. The van der Waals surface area contributed by atoms with Gasteiger partial charge in [-0.2, -0.15) is 0 Å². The molecule has 2 aromatic carbocycles. The van der Waals surface area contributed by atoms with Crippen LogP contribution in [0.5, 0.6) is 0 Å². The Hall–Kier alpha value is -2.92. The average molecular weight is 377 g/mol. The highest BCUT2D eigenvalue weighted by Crippen LogP contribution is 2.22. The SMILES string of the molecule is CCN(CC)[C@H](CNC(=O)c1cc(-c2ccc(C)cc2)on1)c1ccccc1. The maximum atomic E-state index is 12.6. The molecule has 3 rings (SSSR count). The number of nitrogens with zero attached hydrogens (tertiary/aromatic N) is 2. The molecule has 0 aliphatic heterocycles. The summed E-state index contributed by atoms with van der Waals surface area (Å²) >= 11 is 0. The quantitative estimate of drug-likeness (QED) is 0.629. The monoisotopic (exact) mass is 377 g/mol. The summed E-state index contributed by atoms with van der Waals surface area (Å²) in [5.74, 6) is 0.365. The van der Waals surface area contributed by atoms with Gasteiger partial charge in [-0.1, -0.05) is 79.2 Å². The zero-order valence-corrected chi connectivity index (χ0v) is 16.7. The number of aryl methyl sites for hydroxylation is 1. The Balaban J connectivity index is 1.70. The summed E-state index contributed by atoms with van der Waals surface area (Å²) in [6, 6.07) is 20.0. The lowest BCUT2D eigenvalue weighted by Crippen LogP contribution is -2.38. The highest BCUT2D eigenvalue weighted by Gasteiger charge is 2.20. The predicted molar refractivity (Wildman–Crippen MR) is 111 cm³/mol. The number of carbonyl (C=O) groups is 1. The molecule has 0 saturated carbocycles. The van der Waals surface area contributed by atoms with Crippen molar-refractivity contribution in [2.24, 2.45) is 0 Å². The van der Waals surface area contributed by atoms with Crippen LogP contribution < -0.4 is 5.32 Å². The zero-order chi connectivity index (χ0) is 19.9. The van der Waals surface area contributed by atoms with Crippen molar-refractivity contribution in [2.75, 3.05) is 19.6 Å². The van der Waals surface area contributed by atoms with E-state index in [2.05, 4.69) is 41.4 Å². The van der Waals surface area contributed by atoms with Gasteiger partial charge in [0.25, 0.3) is 5.91 Å². The van der Waals surface area contributed by atoms with Crippen LogP contribution in [-0.4, -0.2) is 35.6 Å². The largest absolute Gasteiger partial charge is 0.355 e. The van der Waals surface area contributed by atoms with Crippen LogP contribution in [0.2, 0.25) is 0 Å². The van der Waals surface area contributed by atoms with Gasteiger partial charge in [0.1, 0.15) is 0 Å². The molecular weight excluding hydrogens is 350 g/mol. The van der Waals surface area contributed by atoms with Gasteiger partial charge in [0.2, 0.25) is 0 Å². The minimum absolute atomic E-state index is 0.114. The van der Waals surface area contributed by atoms with Crippen LogP contribution in [-0.2, 0) is 0 Å². The summed E-state index contributed by atoms with van der Waals surface area (Å²) < 4.78 is 5.37. The normalized spacial score (nSPS) is 12.1. The summed E-state index contributed by atoms with van der Waals surface area (Å²) in [5.41, 5.74) is 3.56. The Labute approximate surface area is 166 Å². The predicted octanol–water partition coefficient (Wildman–Crippen LogP) is 4.46. The van der Waals surface area contributed by atoms with Gasteiger partial charge in [0.05, 0.1) is 6.04 Å². The highest BCUT2D eigenvalue weighted by molar-refractivity contribution is 5.93. The fourth-order valence-corrected chi connectivity index (χ4v) is 3.31. The fraction of sp³-hybridized carbons (Fsp3) is 0.304. The van der Waals surface area contributed by atoms with E-state index >= 15 is 0 Å². The van der Waals surface area contributed by atoms with E-state index in [0.717, 1.165) is 18.7 Å². The summed E-state index contributed by atoms with van der Waals surface area (Å²) in [5, 5.41) is 6.97. The van der Waals surface area contributed by atoms with Crippen LogP contribution >= 0.6 is 0 Å². The van der Waals surface area contributed by atoms with Crippen molar-refractivity contribution < 1.29 is 9.32 Å². The number of likely N-dealkylation sites (N-methyl/N-ethyl adjacent to an activating group) is 1. The molecule has 0 aliphatic carbocycles. The van der Waals surface area contributed by atoms with Crippen LogP contribution in [0.25, 0.3) is 11.3 Å². The number of aromatic nitrogens is 1. The van der Waals surface area contributed by atoms with Crippen molar-refractivity contribution in [3.8, 4) is 11.3 Å². The van der Waals surface area contributed by atoms with E-state index in [1.165, 1.54) is 11.1 Å². The molecule has 0 aliphatic rings. The molecule has 0 radical (unpaired) electrons. The third-order valence-electron chi connectivity index (χ3n) is 4.97. The zero-order valence-electron chi connectivity index (χ0n) is 16.7. The van der Waals surface area contributed by atoms with E-state index in [-0.39, 0.29) is 11.9 Å². The van der Waals surface area contributed by atoms with Crippen molar-refractivity contribution in [1.29, 1.82) is 0 Å². The minimum atomic E-state index is -0.227. The van der Waals surface area contributed by atoms with Crippen molar-refractivity contribution in [3.63, 3.8) is 0 Å². The molecule has 1 aromatic heterocycles. The third-order valence-corrected chi connectivity index (χ3v) is 4.97. The molecule has 0 bridgehead atoms.